The predicted octanol–water partition coefficient (Wildman–Crippen LogP) is 1.32. The van der Waals surface area contributed by atoms with Gasteiger partial charge in [0, 0.05) is 31.6 Å². The summed E-state index contributed by atoms with van der Waals surface area (Å²) in [5.74, 6) is -0.747. The van der Waals surface area contributed by atoms with Crippen molar-refractivity contribution in [2.24, 2.45) is 7.05 Å². The fourth-order valence-corrected chi connectivity index (χ4v) is 2.83. The van der Waals surface area contributed by atoms with Crippen molar-refractivity contribution >= 4 is 5.91 Å². The highest BCUT2D eigenvalue weighted by Gasteiger charge is 2.38. The van der Waals surface area contributed by atoms with Crippen molar-refractivity contribution in [3.05, 3.63) is 47.8 Å². The van der Waals surface area contributed by atoms with Gasteiger partial charge in [-0.2, -0.15) is 5.10 Å². The van der Waals surface area contributed by atoms with E-state index in [2.05, 4.69) is 15.4 Å². The van der Waals surface area contributed by atoms with Gasteiger partial charge >= 0.3 is 0 Å². The summed E-state index contributed by atoms with van der Waals surface area (Å²) in [5, 5.41) is 7.02. The normalized spacial score (nSPS) is 20.6. The van der Waals surface area contributed by atoms with Crippen molar-refractivity contribution in [3.63, 3.8) is 0 Å². The topological polar surface area (TPSA) is 69.0 Å². The minimum Gasteiger partial charge on any atom is -0.368 e. The van der Waals surface area contributed by atoms with E-state index in [9.17, 15) is 9.18 Å². The SMILES string of the molecule is Cn1cc(C2(CNC(=O)Cc3ncccc3F)CCCO2)cn1. The molecule has 2 aromatic rings. The molecule has 0 aliphatic carbocycles. The average Bonchev–Trinajstić information content (AvgIpc) is 3.17. The van der Waals surface area contributed by atoms with Gasteiger partial charge in [0.1, 0.15) is 11.4 Å². The molecule has 1 atom stereocenters. The fraction of sp³-hybridized carbons (Fsp3) is 0.438. The third kappa shape index (κ3) is 3.39. The van der Waals surface area contributed by atoms with Crippen LogP contribution < -0.4 is 5.32 Å². The second kappa shape index (κ2) is 6.45. The molecular weight excluding hydrogens is 299 g/mol. The average molecular weight is 318 g/mol. The molecule has 7 heteroatoms. The molecule has 1 aliphatic heterocycles. The van der Waals surface area contributed by atoms with E-state index < -0.39 is 11.4 Å². The number of hydrogen-bond donors (Lipinski definition) is 1. The molecule has 122 valence electrons. The van der Waals surface area contributed by atoms with Crippen LogP contribution in [0.2, 0.25) is 0 Å². The molecule has 0 bridgehead atoms. The van der Waals surface area contributed by atoms with E-state index >= 15 is 0 Å². The maximum absolute atomic E-state index is 13.6. The van der Waals surface area contributed by atoms with Crippen LogP contribution in [-0.2, 0) is 28.6 Å². The molecule has 0 spiro atoms. The van der Waals surface area contributed by atoms with Gasteiger partial charge in [-0.25, -0.2) is 4.39 Å². The summed E-state index contributed by atoms with van der Waals surface area (Å²) in [5.41, 5.74) is 0.543. The molecule has 1 amide bonds. The molecule has 0 aromatic carbocycles. The highest BCUT2D eigenvalue weighted by molar-refractivity contribution is 5.78. The zero-order valence-corrected chi connectivity index (χ0v) is 13.0. The zero-order chi connectivity index (χ0) is 16.3. The first-order valence-electron chi connectivity index (χ1n) is 7.58. The van der Waals surface area contributed by atoms with Crippen molar-refractivity contribution in [2.75, 3.05) is 13.2 Å². The molecule has 23 heavy (non-hydrogen) atoms. The van der Waals surface area contributed by atoms with E-state index in [0.29, 0.717) is 13.2 Å². The van der Waals surface area contributed by atoms with E-state index in [0.717, 1.165) is 18.4 Å². The van der Waals surface area contributed by atoms with Gasteiger partial charge in [-0.3, -0.25) is 14.5 Å². The van der Waals surface area contributed by atoms with Gasteiger partial charge < -0.3 is 10.1 Å². The molecule has 1 saturated heterocycles. The number of nitrogens with one attached hydrogen (secondary N) is 1. The molecule has 6 nitrogen and oxygen atoms in total. The minimum absolute atomic E-state index is 0.0875. The number of pyridine rings is 1. The van der Waals surface area contributed by atoms with E-state index in [1.54, 1.807) is 10.9 Å². The monoisotopic (exact) mass is 318 g/mol. The number of aryl methyl sites for hydroxylation is 1. The summed E-state index contributed by atoms with van der Waals surface area (Å²) in [4.78, 5) is 16.0. The summed E-state index contributed by atoms with van der Waals surface area (Å²) in [6.45, 7) is 0.992. The lowest BCUT2D eigenvalue weighted by Gasteiger charge is -2.27. The maximum Gasteiger partial charge on any atom is 0.226 e. The van der Waals surface area contributed by atoms with E-state index in [1.807, 2.05) is 13.2 Å². The third-order valence-electron chi connectivity index (χ3n) is 4.07. The van der Waals surface area contributed by atoms with Gasteiger partial charge in [-0.05, 0) is 25.0 Å². The van der Waals surface area contributed by atoms with E-state index in [1.165, 1.54) is 18.3 Å². The van der Waals surface area contributed by atoms with Crippen LogP contribution in [0.25, 0.3) is 0 Å². The molecule has 3 heterocycles. The van der Waals surface area contributed by atoms with Crippen molar-refractivity contribution in [1.29, 1.82) is 0 Å². The van der Waals surface area contributed by atoms with Crippen molar-refractivity contribution < 1.29 is 13.9 Å². The summed E-state index contributed by atoms with van der Waals surface area (Å²) >= 11 is 0. The summed E-state index contributed by atoms with van der Waals surface area (Å²) in [7, 11) is 1.84. The Kier molecular flexibility index (Phi) is 4.38. The Morgan fingerprint density at radius 3 is 3.09 bits per heavy atom. The van der Waals surface area contributed by atoms with Crippen LogP contribution in [0, 0.1) is 5.82 Å². The number of nitrogens with zero attached hydrogens (tertiary/aromatic N) is 3. The number of rotatable bonds is 5. The Morgan fingerprint density at radius 2 is 2.43 bits per heavy atom. The van der Waals surface area contributed by atoms with Crippen molar-refractivity contribution in [2.45, 2.75) is 24.9 Å². The quantitative estimate of drug-likeness (QED) is 0.903. The lowest BCUT2D eigenvalue weighted by atomic mass is 9.93. The first kappa shape index (κ1) is 15.6. The van der Waals surface area contributed by atoms with Crippen molar-refractivity contribution in [1.82, 2.24) is 20.1 Å². The number of ether oxygens (including phenoxy) is 1. The number of amides is 1. The van der Waals surface area contributed by atoms with Gasteiger partial charge in [0.25, 0.3) is 0 Å². The molecule has 1 aliphatic rings. The molecular formula is C16H19FN4O2. The lowest BCUT2D eigenvalue weighted by molar-refractivity contribution is -0.122. The van der Waals surface area contributed by atoms with Gasteiger partial charge in [0.2, 0.25) is 5.91 Å². The summed E-state index contributed by atoms with van der Waals surface area (Å²) < 4.78 is 21.2. The Labute approximate surface area is 133 Å². The van der Waals surface area contributed by atoms with Crippen LogP contribution in [0.4, 0.5) is 4.39 Å². The number of halogens is 1. The van der Waals surface area contributed by atoms with Crippen molar-refractivity contribution in [3.8, 4) is 0 Å². The lowest BCUT2D eigenvalue weighted by Crippen LogP contribution is -2.41. The van der Waals surface area contributed by atoms with Gasteiger partial charge in [-0.1, -0.05) is 0 Å². The number of carbonyl (C=O) groups excluding carboxylic acids is 1. The summed E-state index contributed by atoms with van der Waals surface area (Å²) in [6, 6.07) is 2.80. The molecule has 0 saturated carbocycles. The molecule has 0 radical (unpaired) electrons. The fourth-order valence-electron chi connectivity index (χ4n) is 2.83. The molecule has 1 N–H and O–H groups in total. The van der Waals surface area contributed by atoms with Crippen LogP contribution in [0.1, 0.15) is 24.1 Å². The van der Waals surface area contributed by atoms with Crippen LogP contribution in [0.15, 0.2) is 30.7 Å². The van der Waals surface area contributed by atoms with Crippen LogP contribution in [-0.4, -0.2) is 33.8 Å². The maximum atomic E-state index is 13.6. The standard InChI is InChI=1S/C16H19FN4O2/c1-21-10-12(9-20-21)16(5-3-7-23-16)11-19-15(22)8-14-13(17)4-2-6-18-14/h2,4,6,9-10H,3,5,7-8,11H2,1H3,(H,19,22). The molecule has 3 rings (SSSR count). The van der Waals surface area contributed by atoms with Gasteiger partial charge in [0.15, 0.2) is 0 Å². The third-order valence-corrected chi connectivity index (χ3v) is 4.07. The first-order valence-corrected chi connectivity index (χ1v) is 7.58. The second-order valence-corrected chi connectivity index (χ2v) is 5.73. The Morgan fingerprint density at radius 1 is 1.57 bits per heavy atom. The minimum atomic E-state index is -0.549. The molecule has 1 fully saturated rings. The highest BCUT2D eigenvalue weighted by atomic mass is 19.1. The largest absolute Gasteiger partial charge is 0.368 e. The Hall–Kier alpha value is -2.28. The molecule has 1 unspecified atom stereocenters. The highest BCUT2D eigenvalue weighted by Crippen LogP contribution is 2.35. The summed E-state index contributed by atoms with van der Waals surface area (Å²) in [6.07, 6.45) is 6.79. The Bertz CT molecular complexity index is 695. The number of aromatic nitrogens is 3. The second-order valence-electron chi connectivity index (χ2n) is 5.73. The van der Waals surface area contributed by atoms with Crippen LogP contribution in [0.3, 0.4) is 0 Å². The predicted molar refractivity (Wildman–Crippen MR) is 81.0 cm³/mol. The van der Waals surface area contributed by atoms with Crippen LogP contribution >= 0.6 is 0 Å². The van der Waals surface area contributed by atoms with Gasteiger partial charge in [-0.15, -0.1) is 0 Å². The first-order chi connectivity index (χ1) is 11.1. The number of carbonyl (C=O) groups is 1. The van der Waals surface area contributed by atoms with Gasteiger partial charge in [0.05, 0.1) is 24.9 Å². The number of hydrogen-bond acceptors (Lipinski definition) is 4. The smallest absolute Gasteiger partial charge is 0.226 e. The van der Waals surface area contributed by atoms with Crippen LogP contribution in [0.5, 0.6) is 0 Å². The van der Waals surface area contributed by atoms with E-state index in [-0.39, 0.29) is 18.0 Å². The van der Waals surface area contributed by atoms with E-state index in [4.69, 9.17) is 4.74 Å². The zero-order valence-electron chi connectivity index (χ0n) is 13.0. The Balaban J connectivity index is 1.66. The molecule has 2 aromatic heterocycles.